The first-order valence-electron chi connectivity index (χ1n) is 12.2. The minimum Gasteiger partial charge on any atom is -0.497 e. The lowest BCUT2D eigenvalue weighted by Gasteiger charge is -2.29. The van der Waals surface area contributed by atoms with E-state index in [-0.39, 0.29) is 5.91 Å². The standard InChI is InChI=1S/C29H29N5O3S/c1-18-12-14-21(15-13-18)26-25(27(35)31-23-10-5-6-11-24(23)37-4)19(2)30-28-32-29(33-34(26)28)38-17-20-8-7-9-22(16-20)36-3/h5-16,26H,17H2,1-4H3,(H,31,35)(H,30,32,33)/t26-/m1/s1. The van der Waals surface area contributed by atoms with Gasteiger partial charge in [-0.2, -0.15) is 4.98 Å². The maximum atomic E-state index is 13.7. The van der Waals surface area contributed by atoms with Crippen molar-refractivity contribution in [2.45, 2.75) is 30.8 Å². The molecule has 1 aliphatic rings. The van der Waals surface area contributed by atoms with Gasteiger partial charge in [0.15, 0.2) is 0 Å². The predicted octanol–water partition coefficient (Wildman–Crippen LogP) is 5.82. The Morgan fingerprint density at radius 1 is 1.03 bits per heavy atom. The number of nitrogens with one attached hydrogen (secondary N) is 2. The molecule has 2 heterocycles. The van der Waals surface area contributed by atoms with Crippen LogP contribution in [0.1, 0.15) is 29.7 Å². The Labute approximate surface area is 226 Å². The van der Waals surface area contributed by atoms with E-state index in [0.717, 1.165) is 22.4 Å². The molecule has 5 rings (SSSR count). The molecule has 0 unspecified atom stereocenters. The second-order valence-electron chi connectivity index (χ2n) is 8.93. The zero-order chi connectivity index (χ0) is 26.6. The molecule has 4 aromatic rings. The van der Waals surface area contributed by atoms with Crippen LogP contribution in [0.15, 0.2) is 89.2 Å². The monoisotopic (exact) mass is 527 g/mol. The lowest BCUT2D eigenvalue weighted by atomic mass is 9.94. The van der Waals surface area contributed by atoms with E-state index in [4.69, 9.17) is 19.6 Å². The Hall–Kier alpha value is -4.24. The molecular weight excluding hydrogens is 498 g/mol. The summed E-state index contributed by atoms with van der Waals surface area (Å²) in [6, 6.07) is 23.0. The van der Waals surface area contributed by atoms with Crippen LogP contribution in [-0.4, -0.2) is 34.9 Å². The number of fused-ring (bicyclic) bond motifs is 1. The smallest absolute Gasteiger partial charge is 0.255 e. The summed E-state index contributed by atoms with van der Waals surface area (Å²) in [5.41, 5.74) is 5.06. The molecule has 0 radical (unpaired) electrons. The number of carbonyl (C=O) groups is 1. The topological polar surface area (TPSA) is 90.3 Å². The van der Waals surface area contributed by atoms with Crippen LogP contribution in [-0.2, 0) is 10.5 Å². The SMILES string of the molecule is COc1cccc(CSc2nc3n(n2)[C@H](c2ccc(C)cc2)C(C(=O)Nc2ccccc2OC)=C(C)N3)c1. The maximum Gasteiger partial charge on any atom is 0.255 e. The lowest BCUT2D eigenvalue weighted by molar-refractivity contribution is -0.113. The van der Waals surface area contributed by atoms with E-state index in [2.05, 4.69) is 10.6 Å². The van der Waals surface area contributed by atoms with Gasteiger partial charge in [-0.15, -0.1) is 5.10 Å². The van der Waals surface area contributed by atoms with Crippen molar-refractivity contribution in [3.8, 4) is 11.5 Å². The van der Waals surface area contributed by atoms with E-state index in [0.29, 0.717) is 39.6 Å². The van der Waals surface area contributed by atoms with E-state index in [1.807, 2.05) is 86.6 Å². The van der Waals surface area contributed by atoms with Crippen molar-refractivity contribution in [1.82, 2.24) is 14.8 Å². The molecule has 9 heteroatoms. The summed E-state index contributed by atoms with van der Waals surface area (Å²) >= 11 is 1.53. The molecule has 0 fully saturated rings. The average molecular weight is 528 g/mol. The molecule has 1 amide bonds. The highest BCUT2D eigenvalue weighted by atomic mass is 32.2. The summed E-state index contributed by atoms with van der Waals surface area (Å²) in [7, 11) is 3.24. The molecule has 3 aromatic carbocycles. The molecule has 8 nitrogen and oxygen atoms in total. The normalized spacial score (nSPS) is 14.5. The molecule has 1 aliphatic heterocycles. The van der Waals surface area contributed by atoms with E-state index < -0.39 is 6.04 Å². The minimum absolute atomic E-state index is 0.239. The zero-order valence-electron chi connectivity index (χ0n) is 21.7. The molecule has 1 aromatic heterocycles. The van der Waals surface area contributed by atoms with Crippen molar-refractivity contribution in [2.75, 3.05) is 24.9 Å². The maximum absolute atomic E-state index is 13.7. The van der Waals surface area contributed by atoms with Gasteiger partial charge >= 0.3 is 0 Å². The molecule has 194 valence electrons. The van der Waals surface area contributed by atoms with E-state index in [9.17, 15) is 4.79 Å². The van der Waals surface area contributed by atoms with Gasteiger partial charge in [-0.25, -0.2) is 4.68 Å². The van der Waals surface area contributed by atoms with E-state index in [1.54, 1.807) is 18.9 Å². The molecule has 0 saturated heterocycles. The number of rotatable bonds is 8. The van der Waals surface area contributed by atoms with Crippen molar-refractivity contribution >= 4 is 29.3 Å². The number of hydrogen-bond donors (Lipinski definition) is 2. The van der Waals surface area contributed by atoms with Crippen molar-refractivity contribution in [1.29, 1.82) is 0 Å². The second kappa shape index (κ2) is 11.0. The molecule has 0 aliphatic carbocycles. The van der Waals surface area contributed by atoms with Gasteiger partial charge in [0.2, 0.25) is 11.1 Å². The Kier molecular flexibility index (Phi) is 7.37. The minimum atomic E-state index is -0.458. The zero-order valence-corrected chi connectivity index (χ0v) is 22.5. The van der Waals surface area contributed by atoms with Crippen LogP contribution in [0.2, 0.25) is 0 Å². The number of anilines is 2. The van der Waals surface area contributed by atoms with Crippen molar-refractivity contribution in [3.63, 3.8) is 0 Å². The number of aryl methyl sites for hydroxylation is 1. The fourth-order valence-electron chi connectivity index (χ4n) is 4.39. The van der Waals surface area contributed by atoms with Gasteiger partial charge in [-0.3, -0.25) is 4.79 Å². The van der Waals surface area contributed by atoms with Crippen molar-refractivity contribution < 1.29 is 14.3 Å². The molecule has 0 bridgehead atoms. The first-order chi connectivity index (χ1) is 18.5. The highest BCUT2D eigenvalue weighted by Crippen LogP contribution is 2.37. The van der Waals surface area contributed by atoms with Gasteiger partial charge in [0.1, 0.15) is 17.5 Å². The summed E-state index contributed by atoms with van der Waals surface area (Å²) in [5.74, 6) is 2.44. The number of aromatic nitrogens is 3. The lowest BCUT2D eigenvalue weighted by Crippen LogP contribution is -2.31. The Balaban J connectivity index is 1.48. The first kappa shape index (κ1) is 25.4. The van der Waals surface area contributed by atoms with Gasteiger partial charge in [-0.1, -0.05) is 65.9 Å². The third-order valence-corrected chi connectivity index (χ3v) is 7.24. The summed E-state index contributed by atoms with van der Waals surface area (Å²) in [6.45, 7) is 3.93. The highest BCUT2D eigenvalue weighted by Gasteiger charge is 2.34. The highest BCUT2D eigenvalue weighted by molar-refractivity contribution is 7.98. The predicted molar refractivity (Wildman–Crippen MR) is 150 cm³/mol. The number of ether oxygens (including phenoxy) is 2. The summed E-state index contributed by atoms with van der Waals surface area (Å²) in [4.78, 5) is 18.5. The van der Waals surface area contributed by atoms with Gasteiger partial charge in [0, 0.05) is 11.4 Å². The number of nitrogens with zero attached hydrogens (tertiary/aromatic N) is 3. The number of thioether (sulfide) groups is 1. The van der Waals surface area contributed by atoms with Crippen LogP contribution >= 0.6 is 11.8 Å². The third kappa shape index (κ3) is 5.24. The molecule has 2 N–H and O–H groups in total. The van der Waals surface area contributed by atoms with Crippen LogP contribution in [0, 0.1) is 6.92 Å². The fraction of sp³-hybridized carbons (Fsp3) is 0.207. The molecule has 0 saturated carbocycles. The van der Waals surface area contributed by atoms with Crippen molar-refractivity contribution in [3.05, 3.63) is 101 Å². The number of hydrogen-bond acceptors (Lipinski definition) is 7. The number of methoxy groups -OCH3 is 2. The van der Waals surface area contributed by atoms with Crippen LogP contribution in [0.25, 0.3) is 0 Å². The van der Waals surface area contributed by atoms with Crippen LogP contribution < -0.4 is 20.1 Å². The summed E-state index contributed by atoms with van der Waals surface area (Å²) in [6.07, 6.45) is 0. The van der Waals surface area contributed by atoms with E-state index >= 15 is 0 Å². The number of allylic oxidation sites excluding steroid dienone is 1. The summed E-state index contributed by atoms with van der Waals surface area (Å²) in [5, 5.41) is 11.8. The average Bonchev–Trinajstić information content (AvgIpc) is 3.34. The molecule has 1 atom stereocenters. The quantitative estimate of drug-likeness (QED) is 0.279. The second-order valence-corrected chi connectivity index (χ2v) is 9.88. The van der Waals surface area contributed by atoms with Crippen molar-refractivity contribution in [2.24, 2.45) is 0 Å². The van der Waals surface area contributed by atoms with Crippen LogP contribution in [0.5, 0.6) is 11.5 Å². The Morgan fingerprint density at radius 2 is 1.82 bits per heavy atom. The first-order valence-corrected chi connectivity index (χ1v) is 13.2. The van der Waals surface area contributed by atoms with Gasteiger partial charge < -0.3 is 20.1 Å². The van der Waals surface area contributed by atoms with Gasteiger partial charge in [0.05, 0.1) is 25.5 Å². The largest absolute Gasteiger partial charge is 0.497 e. The van der Waals surface area contributed by atoms with Crippen LogP contribution in [0.3, 0.4) is 0 Å². The Bertz CT molecular complexity index is 1500. The van der Waals surface area contributed by atoms with Gasteiger partial charge in [0.25, 0.3) is 5.91 Å². The Morgan fingerprint density at radius 3 is 2.58 bits per heavy atom. The fourth-order valence-corrected chi connectivity index (χ4v) is 5.16. The number of benzene rings is 3. The molecule has 38 heavy (non-hydrogen) atoms. The third-order valence-electron chi connectivity index (χ3n) is 6.33. The molecular formula is C29H29N5O3S. The van der Waals surface area contributed by atoms with Gasteiger partial charge in [-0.05, 0) is 49.2 Å². The van der Waals surface area contributed by atoms with Crippen LogP contribution in [0.4, 0.5) is 11.6 Å². The molecule has 0 spiro atoms. The number of amides is 1. The number of para-hydroxylation sites is 2. The van der Waals surface area contributed by atoms with E-state index in [1.165, 1.54) is 11.8 Å². The number of carbonyl (C=O) groups excluding carboxylic acids is 1. The summed E-state index contributed by atoms with van der Waals surface area (Å²) < 4.78 is 12.6.